The summed E-state index contributed by atoms with van der Waals surface area (Å²) in [5.74, 6) is -0.299. The van der Waals surface area contributed by atoms with E-state index >= 15 is 0 Å². The number of carbonyl (C=O) groups is 2. The Morgan fingerprint density at radius 2 is 2.12 bits per heavy atom. The third-order valence-corrected chi connectivity index (χ3v) is 3.57. The lowest BCUT2D eigenvalue weighted by Gasteiger charge is -2.21. The van der Waals surface area contributed by atoms with Crippen LogP contribution in [-0.2, 0) is 9.59 Å². The van der Waals surface area contributed by atoms with Gasteiger partial charge in [-0.1, -0.05) is 13.3 Å². The average molecular weight is 241 g/mol. The summed E-state index contributed by atoms with van der Waals surface area (Å²) in [6, 6.07) is 0. The summed E-state index contributed by atoms with van der Waals surface area (Å²) in [6.07, 6.45) is 3.46. The van der Waals surface area contributed by atoms with Gasteiger partial charge in [0.25, 0.3) is 5.54 Å². The van der Waals surface area contributed by atoms with Gasteiger partial charge in [0.2, 0.25) is 5.78 Å². The number of Topliss-reactive ketones (excluding diaryl/α,β-unsaturated/α-hetero) is 2. The van der Waals surface area contributed by atoms with Crippen molar-refractivity contribution < 1.29 is 14.5 Å². The van der Waals surface area contributed by atoms with Gasteiger partial charge in [-0.15, -0.1) is 0 Å². The van der Waals surface area contributed by atoms with Gasteiger partial charge < -0.3 is 0 Å². The molecule has 0 amide bonds. The fraction of sp³-hybridized carbons (Fsp3) is 0.833. The van der Waals surface area contributed by atoms with E-state index in [4.69, 9.17) is 0 Å². The first kappa shape index (κ1) is 13.8. The van der Waals surface area contributed by atoms with E-state index in [9.17, 15) is 19.7 Å². The third-order valence-electron chi connectivity index (χ3n) is 3.57. The fourth-order valence-corrected chi connectivity index (χ4v) is 2.32. The highest BCUT2D eigenvalue weighted by Crippen LogP contribution is 2.31. The molecule has 1 saturated carbocycles. The van der Waals surface area contributed by atoms with E-state index in [1.54, 1.807) is 6.92 Å². The molecule has 5 nitrogen and oxygen atoms in total. The van der Waals surface area contributed by atoms with Crippen LogP contribution in [-0.4, -0.2) is 22.0 Å². The lowest BCUT2D eigenvalue weighted by Crippen LogP contribution is -2.46. The molecule has 0 N–H and O–H groups in total. The second kappa shape index (κ2) is 5.89. The highest BCUT2D eigenvalue weighted by molar-refractivity contribution is 5.88. The van der Waals surface area contributed by atoms with Gasteiger partial charge >= 0.3 is 0 Å². The standard InChI is InChI=1S/C12H19NO4/c1-2-10(14)7-9-12(13(16)17)8-5-3-4-6-11(12)15/h2-9H2,1H3. The van der Waals surface area contributed by atoms with Gasteiger partial charge in [0.05, 0.1) is 0 Å². The Bertz CT molecular complexity index is 326. The summed E-state index contributed by atoms with van der Waals surface area (Å²) in [7, 11) is 0. The average Bonchev–Trinajstić information content (AvgIpc) is 2.49. The van der Waals surface area contributed by atoms with Crippen molar-refractivity contribution in [1.82, 2.24) is 0 Å². The van der Waals surface area contributed by atoms with Gasteiger partial charge in [-0.25, -0.2) is 0 Å². The maximum Gasteiger partial charge on any atom is 0.279 e. The Kier molecular flexibility index (Phi) is 4.78. The number of ketones is 2. The van der Waals surface area contributed by atoms with E-state index in [-0.39, 0.29) is 37.2 Å². The molecule has 1 aliphatic rings. The second-order valence-corrected chi connectivity index (χ2v) is 4.66. The van der Waals surface area contributed by atoms with Crippen LogP contribution in [0.5, 0.6) is 0 Å². The van der Waals surface area contributed by atoms with E-state index in [1.807, 2.05) is 0 Å². The third kappa shape index (κ3) is 3.11. The second-order valence-electron chi connectivity index (χ2n) is 4.66. The lowest BCUT2D eigenvalue weighted by molar-refractivity contribution is -0.554. The molecule has 0 bridgehead atoms. The summed E-state index contributed by atoms with van der Waals surface area (Å²) in [5.41, 5.74) is -1.48. The van der Waals surface area contributed by atoms with E-state index < -0.39 is 10.5 Å². The van der Waals surface area contributed by atoms with Gasteiger partial charge in [0.15, 0.2) is 0 Å². The van der Waals surface area contributed by atoms with Crippen molar-refractivity contribution in [1.29, 1.82) is 0 Å². The molecule has 0 heterocycles. The molecule has 0 saturated heterocycles. The van der Waals surface area contributed by atoms with E-state index in [0.717, 1.165) is 12.8 Å². The summed E-state index contributed by atoms with van der Waals surface area (Å²) in [4.78, 5) is 34.0. The van der Waals surface area contributed by atoms with Crippen molar-refractivity contribution in [2.75, 3.05) is 0 Å². The van der Waals surface area contributed by atoms with E-state index in [2.05, 4.69) is 0 Å². The minimum absolute atomic E-state index is 0.0109. The van der Waals surface area contributed by atoms with Gasteiger partial charge in [0.1, 0.15) is 5.78 Å². The maximum absolute atomic E-state index is 11.9. The Hall–Kier alpha value is -1.26. The summed E-state index contributed by atoms with van der Waals surface area (Å²) in [6.45, 7) is 1.73. The number of nitrogens with zero attached hydrogens (tertiary/aromatic N) is 1. The summed E-state index contributed by atoms with van der Waals surface area (Å²) < 4.78 is 0. The number of carbonyl (C=O) groups excluding carboxylic acids is 2. The van der Waals surface area contributed by atoms with Crippen LogP contribution >= 0.6 is 0 Å². The first-order valence-electron chi connectivity index (χ1n) is 6.22. The van der Waals surface area contributed by atoms with Crippen molar-refractivity contribution in [3.8, 4) is 0 Å². The van der Waals surface area contributed by atoms with Crippen molar-refractivity contribution in [3.63, 3.8) is 0 Å². The van der Waals surface area contributed by atoms with E-state index in [0.29, 0.717) is 12.8 Å². The Morgan fingerprint density at radius 1 is 1.41 bits per heavy atom. The molecule has 0 aromatic heterocycles. The summed E-state index contributed by atoms with van der Waals surface area (Å²) >= 11 is 0. The topological polar surface area (TPSA) is 77.3 Å². The summed E-state index contributed by atoms with van der Waals surface area (Å²) in [5, 5.41) is 11.2. The zero-order chi connectivity index (χ0) is 12.9. The molecule has 1 unspecified atom stereocenters. The zero-order valence-corrected chi connectivity index (χ0v) is 10.2. The minimum Gasteiger partial charge on any atom is -0.300 e. The van der Waals surface area contributed by atoms with Gasteiger partial charge in [-0.05, 0) is 12.8 Å². The first-order chi connectivity index (χ1) is 8.03. The van der Waals surface area contributed by atoms with Crippen molar-refractivity contribution in [2.24, 2.45) is 0 Å². The highest BCUT2D eigenvalue weighted by Gasteiger charge is 2.49. The molecule has 1 rings (SSSR count). The minimum atomic E-state index is -1.48. The molecule has 0 aliphatic heterocycles. The number of nitro groups is 1. The molecule has 17 heavy (non-hydrogen) atoms. The van der Waals surface area contributed by atoms with Crippen molar-refractivity contribution in [3.05, 3.63) is 10.1 Å². The predicted molar refractivity (Wildman–Crippen MR) is 62.3 cm³/mol. The molecule has 0 radical (unpaired) electrons. The van der Waals surface area contributed by atoms with Crippen LogP contribution in [0.1, 0.15) is 58.3 Å². The molecule has 0 spiro atoms. The smallest absolute Gasteiger partial charge is 0.279 e. The molecule has 1 fully saturated rings. The van der Waals surface area contributed by atoms with Crippen LogP contribution in [0.3, 0.4) is 0 Å². The number of hydrogen-bond acceptors (Lipinski definition) is 4. The molecule has 1 atom stereocenters. The molecule has 96 valence electrons. The van der Waals surface area contributed by atoms with Crippen molar-refractivity contribution >= 4 is 11.6 Å². The fourth-order valence-electron chi connectivity index (χ4n) is 2.32. The maximum atomic E-state index is 11.9. The largest absolute Gasteiger partial charge is 0.300 e. The molecule has 5 heteroatoms. The first-order valence-corrected chi connectivity index (χ1v) is 6.22. The van der Waals surface area contributed by atoms with Crippen LogP contribution in [0.4, 0.5) is 0 Å². The quantitative estimate of drug-likeness (QED) is 0.420. The monoisotopic (exact) mass is 241 g/mol. The highest BCUT2D eigenvalue weighted by atomic mass is 16.6. The van der Waals surface area contributed by atoms with Crippen LogP contribution in [0.15, 0.2) is 0 Å². The van der Waals surface area contributed by atoms with E-state index in [1.165, 1.54) is 0 Å². The van der Waals surface area contributed by atoms with Gasteiger partial charge in [-0.2, -0.15) is 0 Å². The Morgan fingerprint density at radius 3 is 2.71 bits per heavy atom. The molecule has 0 aromatic carbocycles. The van der Waals surface area contributed by atoms with Crippen molar-refractivity contribution in [2.45, 2.75) is 63.8 Å². The zero-order valence-electron chi connectivity index (χ0n) is 10.2. The van der Waals surface area contributed by atoms with Gasteiger partial charge in [0, 0.05) is 37.0 Å². The molecular formula is C12H19NO4. The molecule has 0 aromatic rings. The number of hydrogen-bond donors (Lipinski definition) is 0. The van der Waals surface area contributed by atoms with Crippen LogP contribution in [0.2, 0.25) is 0 Å². The lowest BCUT2D eigenvalue weighted by atomic mass is 9.84. The van der Waals surface area contributed by atoms with Crippen LogP contribution in [0.25, 0.3) is 0 Å². The Labute approximate surface area is 101 Å². The number of rotatable bonds is 5. The molecular weight excluding hydrogens is 222 g/mol. The van der Waals surface area contributed by atoms with Crippen LogP contribution < -0.4 is 0 Å². The van der Waals surface area contributed by atoms with Crippen LogP contribution in [0, 0.1) is 10.1 Å². The predicted octanol–water partition coefficient (Wildman–Crippen LogP) is 2.29. The Balaban J connectivity index is 2.82. The van der Waals surface area contributed by atoms with Gasteiger partial charge in [-0.3, -0.25) is 19.7 Å². The SMILES string of the molecule is CCC(=O)CCC1([N+](=O)[O-])CCCCCC1=O. The normalized spacial score (nSPS) is 25.4. The molecule has 1 aliphatic carbocycles.